The average molecular weight is 437 g/mol. The average Bonchev–Trinajstić information content (AvgIpc) is 2.72. The van der Waals surface area contributed by atoms with Crippen LogP contribution < -0.4 is 5.32 Å². The zero-order valence-corrected chi connectivity index (χ0v) is 17.0. The second-order valence-corrected chi connectivity index (χ2v) is 8.04. The second-order valence-electron chi connectivity index (χ2n) is 6.90. The van der Waals surface area contributed by atoms with Gasteiger partial charge in [-0.15, -0.1) is 0 Å². The zero-order chi connectivity index (χ0) is 21.6. The van der Waals surface area contributed by atoms with E-state index in [0.29, 0.717) is 38.3 Å². The minimum atomic E-state index is -4.35. The predicted octanol–water partition coefficient (Wildman–Crippen LogP) is 3.37. The molecule has 0 aliphatic carbocycles. The number of nitrogens with zero attached hydrogens (tertiary/aromatic N) is 2. The predicted molar refractivity (Wildman–Crippen MR) is 109 cm³/mol. The number of amides is 2. The van der Waals surface area contributed by atoms with E-state index in [0.717, 1.165) is 5.56 Å². The summed E-state index contributed by atoms with van der Waals surface area (Å²) in [7, 11) is 0. The highest BCUT2D eigenvalue weighted by molar-refractivity contribution is 8.00. The molecule has 0 aromatic heterocycles. The molecule has 30 heavy (non-hydrogen) atoms. The number of benzene rings is 2. The van der Waals surface area contributed by atoms with Crippen molar-refractivity contribution >= 4 is 23.6 Å². The lowest BCUT2D eigenvalue weighted by atomic mass is 10.2. The highest BCUT2D eigenvalue weighted by atomic mass is 32.2. The molecule has 1 saturated heterocycles. The molecule has 0 saturated carbocycles. The van der Waals surface area contributed by atoms with E-state index < -0.39 is 5.51 Å². The molecule has 2 aromatic rings. The first kappa shape index (κ1) is 22.2. The third-order valence-electron chi connectivity index (χ3n) is 4.69. The molecule has 5 nitrogen and oxygen atoms in total. The van der Waals surface area contributed by atoms with Gasteiger partial charge in [0.25, 0.3) is 5.91 Å². The van der Waals surface area contributed by atoms with Crippen LogP contribution in [0.5, 0.6) is 0 Å². The molecule has 1 aliphatic heterocycles. The maximum absolute atomic E-state index is 12.6. The summed E-state index contributed by atoms with van der Waals surface area (Å²) in [6.07, 6.45) is 0. The molecule has 0 bridgehead atoms. The van der Waals surface area contributed by atoms with Crippen molar-refractivity contribution in [1.29, 1.82) is 0 Å². The van der Waals surface area contributed by atoms with Crippen molar-refractivity contribution in [2.75, 3.05) is 32.7 Å². The van der Waals surface area contributed by atoms with Gasteiger partial charge in [0.2, 0.25) is 5.91 Å². The van der Waals surface area contributed by atoms with E-state index in [1.807, 2.05) is 35.2 Å². The lowest BCUT2D eigenvalue weighted by molar-refractivity contribution is -0.122. The van der Waals surface area contributed by atoms with Gasteiger partial charge in [-0.3, -0.25) is 14.5 Å². The number of thioether (sulfide) groups is 1. The first-order chi connectivity index (χ1) is 14.3. The highest BCUT2D eigenvalue weighted by Gasteiger charge is 2.29. The summed E-state index contributed by atoms with van der Waals surface area (Å²) < 4.78 is 37.2. The third-order valence-corrected chi connectivity index (χ3v) is 5.43. The number of piperazine rings is 1. The van der Waals surface area contributed by atoms with Gasteiger partial charge >= 0.3 is 5.51 Å². The van der Waals surface area contributed by atoms with Gasteiger partial charge in [0, 0.05) is 43.2 Å². The van der Waals surface area contributed by atoms with Crippen molar-refractivity contribution in [3.05, 3.63) is 65.7 Å². The Bertz CT molecular complexity index is 852. The molecule has 1 N–H and O–H groups in total. The summed E-state index contributed by atoms with van der Waals surface area (Å²) in [5, 5.41) is 2.88. The monoisotopic (exact) mass is 437 g/mol. The lowest BCUT2D eigenvalue weighted by Gasteiger charge is -2.34. The van der Waals surface area contributed by atoms with Crippen LogP contribution in [0.3, 0.4) is 0 Å². The van der Waals surface area contributed by atoms with Crippen LogP contribution in [-0.2, 0) is 11.3 Å². The van der Waals surface area contributed by atoms with Crippen LogP contribution in [0.25, 0.3) is 0 Å². The van der Waals surface area contributed by atoms with Crippen molar-refractivity contribution in [2.24, 2.45) is 0 Å². The lowest BCUT2D eigenvalue weighted by Crippen LogP contribution is -2.51. The summed E-state index contributed by atoms with van der Waals surface area (Å²) in [5.41, 5.74) is -2.97. The number of carbonyl (C=O) groups excluding carboxylic acids is 2. The van der Waals surface area contributed by atoms with Crippen molar-refractivity contribution in [3.63, 3.8) is 0 Å². The summed E-state index contributed by atoms with van der Waals surface area (Å²) in [4.78, 5) is 28.4. The van der Waals surface area contributed by atoms with Gasteiger partial charge in [-0.2, -0.15) is 13.2 Å². The van der Waals surface area contributed by atoms with E-state index in [2.05, 4.69) is 5.32 Å². The maximum atomic E-state index is 12.6. The number of nitrogens with one attached hydrogen (secondary N) is 1. The molecule has 2 amide bonds. The normalized spacial score (nSPS) is 15.1. The Balaban J connectivity index is 1.43. The summed E-state index contributed by atoms with van der Waals surface area (Å²) >= 11 is -0.204. The number of alkyl halides is 3. The van der Waals surface area contributed by atoms with Gasteiger partial charge in [-0.25, -0.2) is 0 Å². The van der Waals surface area contributed by atoms with Crippen LogP contribution in [-0.4, -0.2) is 59.8 Å². The molecule has 0 atom stereocenters. The Labute approximate surface area is 177 Å². The topological polar surface area (TPSA) is 52.7 Å². The Morgan fingerprint density at radius 2 is 1.57 bits per heavy atom. The van der Waals surface area contributed by atoms with Crippen LogP contribution in [0, 0.1) is 0 Å². The summed E-state index contributed by atoms with van der Waals surface area (Å²) in [5.74, 6) is -0.289. The number of rotatable bonds is 6. The molecule has 3 rings (SSSR count). The van der Waals surface area contributed by atoms with E-state index in [-0.39, 0.29) is 35.0 Å². The van der Waals surface area contributed by atoms with E-state index in [1.54, 1.807) is 4.90 Å². The van der Waals surface area contributed by atoms with Crippen LogP contribution in [0.1, 0.15) is 15.9 Å². The largest absolute Gasteiger partial charge is 0.446 e. The number of carbonyl (C=O) groups is 2. The molecule has 2 aromatic carbocycles. The van der Waals surface area contributed by atoms with Crippen molar-refractivity contribution in [3.8, 4) is 0 Å². The Morgan fingerprint density at radius 1 is 0.933 bits per heavy atom. The minimum Gasteiger partial charge on any atom is -0.351 e. The van der Waals surface area contributed by atoms with Gasteiger partial charge in [-0.1, -0.05) is 30.3 Å². The Kier molecular flexibility index (Phi) is 7.38. The SMILES string of the molecule is O=C(CN1CCN(C(=O)c2ccc(SC(F)(F)F)cc2)CC1)NCc1ccccc1. The molecular formula is C21H22F3N3O2S. The van der Waals surface area contributed by atoms with Crippen LogP contribution >= 0.6 is 11.8 Å². The molecule has 0 radical (unpaired) electrons. The van der Waals surface area contributed by atoms with Gasteiger partial charge in [-0.05, 0) is 41.6 Å². The number of hydrogen-bond donors (Lipinski definition) is 1. The van der Waals surface area contributed by atoms with E-state index in [9.17, 15) is 22.8 Å². The van der Waals surface area contributed by atoms with Gasteiger partial charge in [0.15, 0.2) is 0 Å². The number of halogens is 3. The fraction of sp³-hybridized carbons (Fsp3) is 0.333. The quantitative estimate of drug-likeness (QED) is 0.704. The summed E-state index contributed by atoms with van der Waals surface area (Å²) in [6.45, 7) is 2.78. The fourth-order valence-electron chi connectivity index (χ4n) is 3.15. The Hall–Kier alpha value is -2.52. The third kappa shape index (κ3) is 6.77. The molecule has 1 heterocycles. The molecule has 1 fully saturated rings. The molecule has 0 unspecified atom stereocenters. The van der Waals surface area contributed by atoms with Crippen LogP contribution in [0.15, 0.2) is 59.5 Å². The van der Waals surface area contributed by atoms with Crippen molar-refractivity contribution in [1.82, 2.24) is 15.1 Å². The van der Waals surface area contributed by atoms with Crippen molar-refractivity contribution in [2.45, 2.75) is 16.9 Å². The van der Waals surface area contributed by atoms with Gasteiger partial charge in [0.05, 0.1) is 6.54 Å². The molecule has 1 aliphatic rings. The van der Waals surface area contributed by atoms with Crippen LogP contribution in [0.2, 0.25) is 0 Å². The van der Waals surface area contributed by atoms with Gasteiger partial charge < -0.3 is 10.2 Å². The molecule has 9 heteroatoms. The smallest absolute Gasteiger partial charge is 0.351 e. The molecule has 160 valence electrons. The fourth-order valence-corrected chi connectivity index (χ4v) is 3.69. The summed E-state index contributed by atoms with van der Waals surface area (Å²) in [6, 6.07) is 15.1. The van der Waals surface area contributed by atoms with Gasteiger partial charge in [0.1, 0.15) is 0 Å². The van der Waals surface area contributed by atoms with Crippen molar-refractivity contribution < 1.29 is 22.8 Å². The minimum absolute atomic E-state index is 0.0467. The number of hydrogen-bond acceptors (Lipinski definition) is 4. The van der Waals surface area contributed by atoms with E-state index >= 15 is 0 Å². The first-order valence-corrected chi connectivity index (χ1v) is 10.3. The van der Waals surface area contributed by atoms with Crippen LogP contribution in [0.4, 0.5) is 13.2 Å². The maximum Gasteiger partial charge on any atom is 0.446 e. The zero-order valence-electron chi connectivity index (χ0n) is 16.2. The Morgan fingerprint density at radius 3 is 2.17 bits per heavy atom. The molecule has 0 spiro atoms. The van der Waals surface area contributed by atoms with E-state index in [1.165, 1.54) is 24.3 Å². The second kappa shape index (κ2) is 9.99. The molecular weight excluding hydrogens is 415 g/mol. The standard InChI is InChI=1S/C21H22F3N3O2S/c22-21(23,24)30-18-8-6-17(7-9-18)20(29)27-12-10-26(11-13-27)15-19(28)25-14-16-4-2-1-3-5-16/h1-9H,10-15H2,(H,25,28). The van der Waals surface area contributed by atoms with E-state index in [4.69, 9.17) is 0 Å². The highest BCUT2D eigenvalue weighted by Crippen LogP contribution is 2.36. The first-order valence-electron chi connectivity index (χ1n) is 9.48.